The first kappa shape index (κ1) is 27.8. The normalized spacial score (nSPS) is 11.8. The molecule has 33 heavy (non-hydrogen) atoms. The minimum absolute atomic E-state index is 0.176. The van der Waals surface area contributed by atoms with E-state index in [1.54, 1.807) is 62.6 Å². The molecule has 0 aliphatic rings. The van der Waals surface area contributed by atoms with Crippen LogP contribution in [0.4, 0.5) is 0 Å². The van der Waals surface area contributed by atoms with E-state index in [9.17, 15) is 14.4 Å². The summed E-state index contributed by atoms with van der Waals surface area (Å²) in [6.45, 7) is 3.36. The minimum atomic E-state index is 0.176. The quantitative estimate of drug-likeness (QED) is 0.198. The van der Waals surface area contributed by atoms with Gasteiger partial charge in [0.25, 0.3) is 0 Å². The topological polar surface area (TPSA) is 87.3 Å². The van der Waals surface area contributed by atoms with Gasteiger partial charge in [-0.3, -0.25) is 14.4 Å². The maximum atomic E-state index is 11.9. The lowest BCUT2D eigenvalue weighted by Crippen LogP contribution is -2.16. The highest BCUT2D eigenvalue weighted by Crippen LogP contribution is 2.26. The highest BCUT2D eigenvalue weighted by molar-refractivity contribution is 6.30. The first-order valence-corrected chi connectivity index (χ1v) is 11.1. The van der Waals surface area contributed by atoms with Gasteiger partial charge in [0, 0.05) is 24.7 Å². The second-order valence-electron chi connectivity index (χ2n) is 7.02. The van der Waals surface area contributed by atoms with Gasteiger partial charge >= 0.3 is 0 Å². The van der Waals surface area contributed by atoms with Gasteiger partial charge in [-0.2, -0.15) is 0 Å². The third-order valence-electron chi connectivity index (χ3n) is 4.79. The van der Waals surface area contributed by atoms with Gasteiger partial charge in [-0.1, -0.05) is 55.3 Å². The molecule has 0 aromatic heterocycles. The standard InChI is InChI=1S/C21H19ClN2O3.C5H13N/c1-23-20(15-6-8-17(22)9-7-15)18(12-26)19(13-27)21(24-2)16-5-3-4-14(10-16)11-25;1-3-4-5-6-2/h3-13,23-24H,1-2H3;6H,3-5H2,1-2H3/b20-18-,21-19-;. The number of hydrogen-bond acceptors (Lipinski definition) is 6. The van der Waals surface area contributed by atoms with Gasteiger partial charge in [-0.05, 0) is 49.3 Å². The average molecular weight is 470 g/mol. The number of nitrogens with one attached hydrogen (secondary N) is 3. The van der Waals surface area contributed by atoms with Crippen molar-refractivity contribution < 1.29 is 14.4 Å². The van der Waals surface area contributed by atoms with E-state index >= 15 is 0 Å². The van der Waals surface area contributed by atoms with Gasteiger partial charge in [0.15, 0.2) is 12.6 Å². The Hall–Kier alpha value is -3.22. The Morgan fingerprint density at radius 2 is 1.42 bits per heavy atom. The molecular weight excluding hydrogens is 438 g/mol. The Labute approximate surface area is 201 Å². The van der Waals surface area contributed by atoms with Crippen molar-refractivity contribution in [3.8, 4) is 0 Å². The van der Waals surface area contributed by atoms with E-state index in [4.69, 9.17) is 11.6 Å². The molecule has 176 valence electrons. The highest BCUT2D eigenvalue weighted by Gasteiger charge is 2.17. The molecule has 2 aromatic carbocycles. The van der Waals surface area contributed by atoms with Crippen LogP contribution in [0.1, 0.15) is 41.3 Å². The van der Waals surface area contributed by atoms with Gasteiger partial charge in [-0.25, -0.2) is 0 Å². The minimum Gasteiger partial charge on any atom is -0.387 e. The molecule has 0 atom stereocenters. The molecule has 0 saturated carbocycles. The fourth-order valence-electron chi connectivity index (χ4n) is 3.12. The van der Waals surface area contributed by atoms with E-state index in [-0.39, 0.29) is 11.1 Å². The summed E-state index contributed by atoms with van der Waals surface area (Å²) in [5.41, 5.74) is 3.09. The monoisotopic (exact) mass is 469 g/mol. The molecule has 2 rings (SSSR count). The number of hydrogen-bond donors (Lipinski definition) is 3. The summed E-state index contributed by atoms with van der Waals surface area (Å²) in [5, 5.41) is 9.58. The van der Waals surface area contributed by atoms with Crippen LogP contribution in [0.25, 0.3) is 11.4 Å². The summed E-state index contributed by atoms with van der Waals surface area (Å²) in [6.07, 6.45) is 4.57. The van der Waals surface area contributed by atoms with Gasteiger partial charge < -0.3 is 16.0 Å². The van der Waals surface area contributed by atoms with Gasteiger partial charge in [0.1, 0.15) is 6.29 Å². The Kier molecular flexibility index (Phi) is 13.1. The van der Waals surface area contributed by atoms with Crippen molar-refractivity contribution in [2.75, 3.05) is 27.7 Å². The van der Waals surface area contributed by atoms with Crippen molar-refractivity contribution in [1.29, 1.82) is 0 Å². The van der Waals surface area contributed by atoms with E-state index in [1.165, 1.54) is 12.8 Å². The number of aldehydes is 3. The average Bonchev–Trinajstić information content (AvgIpc) is 2.86. The fourth-order valence-corrected chi connectivity index (χ4v) is 3.25. The van der Waals surface area contributed by atoms with Crippen LogP contribution in [0.3, 0.4) is 0 Å². The summed E-state index contributed by atoms with van der Waals surface area (Å²) in [4.78, 5) is 34.9. The van der Waals surface area contributed by atoms with Crippen molar-refractivity contribution in [3.05, 3.63) is 81.4 Å². The Morgan fingerprint density at radius 1 is 0.848 bits per heavy atom. The van der Waals surface area contributed by atoms with Crippen molar-refractivity contribution in [3.63, 3.8) is 0 Å². The van der Waals surface area contributed by atoms with Crippen molar-refractivity contribution in [2.45, 2.75) is 19.8 Å². The first-order chi connectivity index (χ1) is 16.0. The molecule has 0 aliphatic carbocycles. The maximum absolute atomic E-state index is 11.9. The number of halogens is 1. The molecule has 6 nitrogen and oxygen atoms in total. The van der Waals surface area contributed by atoms with Crippen LogP contribution in [-0.4, -0.2) is 46.5 Å². The van der Waals surface area contributed by atoms with E-state index in [2.05, 4.69) is 22.9 Å². The number of unbranched alkanes of at least 4 members (excludes halogenated alkanes) is 1. The summed E-state index contributed by atoms with van der Waals surface area (Å²) in [6, 6.07) is 13.7. The van der Waals surface area contributed by atoms with Gasteiger partial charge in [0.05, 0.1) is 22.5 Å². The molecule has 0 unspecified atom stereocenters. The molecule has 2 aromatic rings. The lowest BCUT2D eigenvalue weighted by molar-refractivity contribution is -0.107. The summed E-state index contributed by atoms with van der Waals surface area (Å²) >= 11 is 5.93. The predicted octanol–water partition coefficient (Wildman–Crippen LogP) is 4.12. The number of benzene rings is 2. The van der Waals surface area contributed by atoms with Crippen LogP contribution < -0.4 is 16.0 Å². The lowest BCUT2D eigenvalue weighted by atomic mass is 9.96. The molecule has 0 spiro atoms. The second kappa shape index (κ2) is 15.6. The third-order valence-corrected chi connectivity index (χ3v) is 5.04. The molecule has 0 bridgehead atoms. The Balaban J connectivity index is 0.000000801. The lowest BCUT2D eigenvalue weighted by Gasteiger charge is -2.16. The summed E-state index contributed by atoms with van der Waals surface area (Å²) in [7, 11) is 5.30. The number of allylic oxidation sites excluding steroid dienone is 2. The first-order valence-electron chi connectivity index (χ1n) is 10.7. The molecular formula is C26H32ClN3O3. The molecule has 0 radical (unpaired) electrons. The van der Waals surface area contributed by atoms with Crippen LogP contribution in [0.15, 0.2) is 59.7 Å². The third kappa shape index (κ3) is 8.33. The highest BCUT2D eigenvalue weighted by atomic mass is 35.5. The van der Waals surface area contributed by atoms with Crippen LogP contribution in [0, 0.1) is 0 Å². The zero-order valence-electron chi connectivity index (χ0n) is 19.6. The van der Waals surface area contributed by atoms with E-state index in [1.807, 2.05) is 7.05 Å². The zero-order valence-corrected chi connectivity index (χ0v) is 20.3. The molecule has 3 N–H and O–H groups in total. The van der Waals surface area contributed by atoms with Crippen LogP contribution >= 0.6 is 11.6 Å². The molecule has 0 amide bonds. The van der Waals surface area contributed by atoms with Crippen LogP contribution in [0.2, 0.25) is 5.02 Å². The molecule has 0 fully saturated rings. The molecule has 0 saturated heterocycles. The number of carbonyl (C=O) groups is 3. The van der Waals surface area contributed by atoms with Crippen molar-refractivity contribution in [2.24, 2.45) is 0 Å². The van der Waals surface area contributed by atoms with Crippen LogP contribution in [0.5, 0.6) is 0 Å². The Morgan fingerprint density at radius 3 is 1.85 bits per heavy atom. The van der Waals surface area contributed by atoms with Crippen molar-refractivity contribution >= 4 is 41.9 Å². The second-order valence-corrected chi connectivity index (χ2v) is 7.46. The van der Waals surface area contributed by atoms with E-state index in [0.29, 0.717) is 45.7 Å². The van der Waals surface area contributed by atoms with Gasteiger partial charge in [0.2, 0.25) is 0 Å². The zero-order chi connectivity index (χ0) is 24.6. The SMILES string of the molecule is CCCCNC.CN/C(=C(C=O)\C(C=O)=C(/NC)c1cccc(C=O)c1)c1ccc(Cl)cc1. The Bertz CT molecular complexity index is 979. The smallest absolute Gasteiger partial charge is 0.152 e. The number of carbonyl (C=O) groups excluding carboxylic acids is 3. The summed E-state index contributed by atoms with van der Waals surface area (Å²) < 4.78 is 0. The molecule has 7 heteroatoms. The maximum Gasteiger partial charge on any atom is 0.152 e. The van der Waals surface area contributed by atoms with E-state index < -0.39 is 0 Å². The summed E-state index contributed by atoms with van der Waals surface area (Å²) in [5.74, 6) is 0. The molecule has 0 aliphatic heterocycles. The van der Waals surface area contributed by atoms with Gasteiger partial charge in [-0.15, -0.1) is 0 Å². The van der Waals surface area contributed by atoms with Crippen LogP contribution in [-0.2, 0) is 9.59 Å². The predicted molar refractivity (Wildman–Crippen MR) is 136 cm³/mol. The largest absolute Gasteiger partial charge is 0.387 e. The fraction of sp³-hybridized carbons (Fsp3) is 0.269. The van der Waals surface area contributed by atoms with E-state index in [0.717, 1.165) is 12.8 Å². The van der Waals surface area contributed by atoms with Crippen molar-refractivity contribution in [1.82, 2.24) is 16.0 Å². The number of rotatable bonds is 11. The molecule has 0 heterocycles.